The molecule has 0 amide bonds. The fraction of sp³-hybridized carbons (Fsp3) is 0.903. The maximum absolute atomic E-state index is 13.9. The van der Waals surface area contributed by atoms with E-state index >= 15 is 0 Å². The van der Waals surface area contributed by atoms with E-state index in [1.807, 2.05) is 25.9 Å². The number of hydrogen-bond donors (Lipinski definition) is 3. The number of ether oxygens (including phenoxy) is 4. The van der Waals surface area contributed by atoms with Gasteiger partial charge in [-0.15, -0.1) is 0 Å². The monoisotopic (exact) mass is 642 g/mol. The van der Waals surface area contributed by atoms with Gasteiger partial charge < -0.3 is 39.2 Å². The zero-order chi connectivity index (χ0) is 34.4. The first kappa shape index (κ1) is 39.0. The van der Waals surface area contributed by atoms with Crippen molar-refractivity contribution in [2.24, 2.45) is 28.8 Å². The van der Waals surface area contributed by atoms with Crippen molar-refractivity contribution in [3.05, 3.63) is 10.4 Å². The summed E-state index contributed by atoms with van der Waals surface area (Å²) >= 11 is 0. The Morgan fingerprint density at radius 1 is 1.07 bits per heavy atom. The van der Waals surface area contributed by atoms with Crippen LogP contribution < -0.4 is 0 Å². The smallest absolute Gasteiger partial charge is 0.316 e. The van der Waals surface area contributed by atoms with Gasteiger partial charge in [0, 0.05) is 42.4 Å². The molecule has 0 saturated carbocycles. The fourth-order valence-electron chi connectivity index (χ4n) is 6.68. The molecule has 14 heteroatoms. The SMILES string of the molecule is CO[C@]1(C)C[C@@H](C)C(=O)[C@H](C)[C@@H](O)[C@](C)(O)[C@@H](CCCN=[N+]=[N-])OC(=O)[C@H](C)C(=O)[C@H](C)[C@H]1OC1OC(C)CC(N(C)C)C1O. The molecule has 0 radical (unpaired) electrons. The van der Waals surface area contributed by atoms with Gasteiger partial charge in [-0.05, 0) is 73.0 Å². The van der Waals surface area contributed by atoms with Gasteiger partial charge in [0.05, 0.1) is 23.9 Å². The van der Waals surface area contributed by atoms with Crippen molar-refractivity contribution < 1.29 is 48.7 Å². The van der Waals surface area contributed by atoms with Gasteiger partial charge in [-0.1, -0.05) is 25.9 Å². The number of carbonyl (C=O) groups is 3. The van der Waals surface area contributed by atoms with Crippen LogP contribution in [0, 0.1) is 23.7 Å². The number of hydrogen-bond acceptors (Lipinski definition) is 12. The lowest BCUT2D eigenvalue weighted by Gasteiger charge is -2.47. The van der Waals surface area contributed by atoms with E-state index in [1.54, 1.807) is 20.8 Å². The maximum atomic E-state index is 13.9. The summed E-state index contributed by atoms with van der Waals surface area (Å²) in [5.41, 5.74) is 5.26. The number of Topliss-reactive ketones (excluding diaryl/α,β-unsaturated/α-hetero) is 2. The highest BCUT2D eigenvalue weighted by molar-refractivity contribution is 6.00. The van der Waals surface area contributed by atoms with Gasteiger partial charge in [0.2, 0.25) is 0 Å². The second kappa shape index (κ2) is 16.1. The highest BCUT2D eigenvalue weighted by atomic mass is 16.7. The Labute approximate surface area is 266 Å². The van der Waals surface area contributed by atoms with Crippen LogP contribution in [0.4, 0.5) is 0 Å². The fourth-order valence-corrected chi connectivity index (χ4v) is 6.68. The molecule has 0 aliphatic carbocycles. The molecule has 4 unspecified atom stereocenters. The molecule has 2 fully saturated rings. The van der Waals surface area contributed by atoms with Crippen LogP contribution in [0.5, 0.6) is 0 Å². The Morgan fingerprint density at radius 3 is 2.24 bits per heavy atom. The first-order chi connectivity index (χ1) is 20.8. The average Bonchev–Trinajstić information content (AvgIpc) is 2.99. The van der Waals surface area contributed by atoms with Crippen molar-refractivity contribution in [1.29, 1.82) is 0 Å². The second-order valence-electron chi connectivity index (χ2n) is 13.5. The van der Waals surface area contributed by atoms with Crippen LogP contribution >= 0.6 is 0 Å². The highest BCUT2D eigenvalue weighted by Gasteiger charge is 2.52. The van der Waals surface area contributed by atoms with Crippen LogP contribution in [0.15, 0.2) is 5.11 Å². The lowest BCUT2D eigenvalue weighted by molar-refractivity contribution is -0.295. The molecule has 45 heavy (non-hydrogen) atoms. The van der Waals surface area contributed by atoms with Gasteiger partial charge in [0.1, 0.15) is 29.5 Å². The quantitative estimate of drug-likeness (QED) is 0.0877. The number of nitrogens with zero attached hydrogens (tertiary/aromatic N) is 4. The van der Waals surface area contributed by atoms with Crippen molar-refractivity contribution in [2.45, 2.75) is 128 Å². The summed E-state index contributed by atoms with van der Waals surface area (Å²) < 4.78 is 24.1. The third-order valence-corrected chi connectivity index (χ3v) is 9.72. The molecule has 13 atom stereocenters. The van der Waals surface area contributed by atoms with E-state index < -0.39 is 77.3 Å². The van der Waals surface area contributed by atoms with E-state index in [1.165, 1.54) is 27.9 Å². The molecular weight excluding hydrogens is 588 g/mol. The minimum Gasteiger partial charge on any atom is -0.459 e. The van der Waals surface area contributed by atoms with E-state index in [2.05, 4.69) is 10.0 Å². The molecule has 2 saturated heterocycles. The van der Waals surface area contributed by atoms with Crippen LogP contribution in [0.2, 0.25) is 0 Å². The van der Waals surface area contributed by atoms with Crippen molar-refractivity contribution in [3.63, 3.8) is 0 Å². The molecule has 2 aliphatic rings. The minimum atomic E-state index is -2.08. The lowest BCUT2D eigenvalue weighted by Crippen LogP contribution is -2.60. The molecule has 2 heterocycles. The summed E-state index contributed by atoms with van der Waals surface area (Å²) in [7, 11) is 5.11. The number of rotatable bonds is 8. The summed E-state index contributed by atoms with van der Waals surface area (Å²) in [6.45, 7) is 11.0. The molecule has 3 N–H and O–H groups in total. The number of methoxy groups -OCH3 is 1. The van der Waals surface area contributed by atoms with E-state index in [0.29, 0.717) is 6.42 Å². The van der Waals surface area contributed by atoms with Crippen LogP contribution in [-0.4, -0.2) is 120 Å². The van der Waals surface area contributed by atoms with Gasteiger partial charge >= 0.3 is 5.97 Å². The van der Waals surface area contributed by atoms with Crippen LogP contribution in [0.3, 0.4) is 0 Å². The number of aliphatic hydroxyl groups excluding tert-OH is 2. The van der Waals surface area contributed by atoms with E-state index in [-0.39, 0.29) is 43.7 Å². The third-order valence-electron chi connectivity index (χ3n) is 9.72. The molecule has 0 spiro atoms. The predicted molar refractivity (Wildman–Crippen MR) is 164 cm³/mol. The number of aliphatic hydroxyl groups is 3. The lowest BCUT2D eigenvalue weighted by atomic mass is 9.74. The highest BCUT2D eigenvalue weighted by Crippen LogP contribution is 2.38. The molecular formula is C31H54N4O10. The second-order valence-corrected chi connectivity index (χ2v) is 13.5. The number of esters is 1. The summed E-state index contributed by atoms with van der Waals surface area (Å²) in [6.07, 6.45) is -5.73. The standard InChI is InChI=1S/C31H54N4O10/c1-16-15-30(6,42-10)27(45-29-25(38)21(35(8)9)14-17(2)43-29)19(4)24(37)20(5)28(40)44-22(12-11-13-33-34-32)31(7,41)26(39)18(3)23(16)36/h16-22,25-27,29,38-39,41H,11-15H2,1-10H3/t16-,17?,18+,19+,20-,21?,22-,25?,26-,27-,29?,30-,31-/m1/s1. The van der Waals surface area contributed by atoms with Crippen molar-refractivity contribution >= 4 is 17.5 Å². The number of azide groups is 1. The zero-order valence-electron chi connectivity index (χ0n) is 28.4. The third kappa shape index (κ3) is 9.01. The van der Waals surface area contributed by atoms with Crippen molar-refractivity contribution in [2.75, 3.05) is 27.7 Å². The molecule has 2 aliphatic heterocycles. The van der Waals surface area contributed by atoms with Crippen LogP contribution in [0.1, 0.15) is 74.1 Å². The summed E-state index contributed by atoms with van der Waals surface area (Å²) in [5.74, 6) is -6.01. The molecule has 0 aromatic carbocycles. The van der Waals surface area contributed by atoms with Crippen LogP contribution in [0.25, 0.3) is 10.4 Å². The number of likely N-dealkylation sites (N-methyl/N-ethyl adjacent to an activating group) is 1. The van der Waals surface area contributed by atoms with E-state index in [4.69, 9.17) is 24.5 Å². The topological polar surface area (TPSA) is 201 Å². The van der Waals surface area contributed by atoms with Gasteiger partial charge in [0.25, 0.3) is 0 Å². The van der Waals surface area contributed by atoms with E-state index in [9.17, 15) is 29.7 Å². The number of ketones is 2. The molecule has 0 aromatic rings. The van der Waals surface area contributed by atoms with Gasteiger partial charge in [-0.2, -0.15) is 0 Å². The molecule has 0 aromatic heterocycles. The van der Waals surface area contributed by atoms with Crippen molar-refractivity contribution in [1.82, 2.24) is 4.90 Å². The van der Waals surface area contributed by atoms with Gasteiger partial charge in [-0.3, -0.25) is 14.4 Å². The first-order valence-corrected chi connectivity index (χ1v) is 15.7. The zero-order valence-corrected chi connectivity index (χ0v) is 28.4. The first-order valence-electron chi connectivity index (χ1n) is 15.7. The molecule has 258 valence electrons. The van der Waals surface area contributed by atoms with E-state index in [0.717, 1.165) is 0 Å². The summed E-state index contributed by atoms with van der Waals surface area (Å²) in [5, 5.41) is 37.5. The summed E-state index contributed by atoms with van der Waals surface area (Å²) in [4.78, 5) is 45.7. The van der Waals surface area contributed by atoms with Crippen LogP contribution in [-0.2, 0) is 33.3 Å². The largest absolute Gasteiger partial charge is 0.459 e. The molecule has 0 bridgehead atoms. The Balaban J connectivity index is 2.61. The van der Waals surface area contributed by atoms with Gasteiger partial charge in [-0.25, -0.2) is 0 Å². The average molecular weight is 643 g/mol. The van der Waals surface area contributed by atoms with Crippen molar-refractivity contribution in [3.8, 4) is 0 Å². The molecule has 2 rings (SSSR count). The maximum Gasteiger partial charge on any atom is 0.316 e. The minimum absolute atomic E-state index is 0.00262. The summed E-state index contributed by atoms with van der Waals surface area (Å²) in [6, 6.07) is -0.294. The Hall–Kier alpha value is -2.16. The number of cyclic esters (lactones) is 1. The van der Waals surface area contributed by atoms with Gasteiger partial charge in [0.15, 0.2) is 12.1 Å². The Kier molecular flexibility index (Phi) is 14.0. The molecule has 14 nitrogen and oxygen atoms in total. The predicted octanol–water partition coefficient (Wildman–Crippen LogP) is 2.40. The number of carbonyl (C=O) groups excluding carboxylic acids is 3. The Bertz CT molecular complexity index is 1080. The Morgan fingerprint density at radius 2 is 1.69 bits per heavy atom. The normalized spacial score (nSPS) is 42.5.